The van der Waals surface area contributed by atoms with Gasteiger partial charge in [0.05, 0.1) is 5.70 Å². The topological polar surface area (TPSA) is 38.3 Å². The second kappa shape index (κ2) is 3.01. The van der Waals surface area contributed by atoms with Crippen molar-refractivity contribution in [1.82, 2.24) is 5.32 Å². The maximum atomic E-state index is 11.1. The number of rotatable bonds is 0. The molecule has 2 aliphatic rings. The maximum Gasteiger partial charge on any atom is 0.262 e. The molecule has 74 valence electrons. The van der Waals surface area contributed by atoms with E-state index in [1.165, 1.54) is 0 Å². The molecule has 1 aliphatic carbocycles. The minimum atomic E-state index is -0.0916. The fraction of sp³-hybridized carbons (Fsp3) is 0.364. The van der Waals surface area contributed by atoms with E-state index in [1.807, 2.05) is 18.2 Å². The van der Waals surface area contributed by atoms with E-state index in [1.54, 1.807) is 0 Å². The largest absolute Gasteiger partial charge is 0.482 e. The van der Waals surface area contributed by atoms with E-state index >= 15 is 0 Å². The second-order valence-corrected chi connectivity index (χ2v) is 4.11. The van der Waals surface area contributed by atoms with Crippen LogP contribution in [0.2, 0.25) is 0 Å². The van der Waals surface area contributed by atoms with Gasteiger partial charge in [-0.3, -0.25) is 4.79 Å². The number of morpholine rings is 1. The minimum Gasteiger partial charge on any atom is -0.482 e. The smallest absolute Gasteiger partial charge is 0.262 e. The molecule has 0 unspecified atom stereocenters. The number of hydrogen-bond donors (Lipinski definition) is 1. The van der Waals surface area contributed by atoms with Gasteiger partial charge in [-0.25, -0.2) is 0 Å². The summed E-state index contributed by atoms with van der Waals surface area (Å²) in [5.74, 6) is 0.650. The highest BCUT2D eigenvalue weighted by Crippen LogP contribution is 2.27. The van der Waals surface area contributed by atoms with Crippen molar-refractivity contribution in [2.24, 2.45) is 5.41 Å². The fourth-order valence-corrected chi connectivity index (χ4v) is 1.52. The van der Waals surface area contributed by atoms with Gasteiger partial charge in [-0.15, -0.1) is 0 Å². The summed E-state index contributed by atoms with van der Waals surface area (Å²) in [4.78, 5) is 11.1. The summed E-state index contributed by atoms with van der Waals surface area (Å²) < 4.78 is 5.30. The summed E-state index contributed by atoms with van der Waals surface area (Å²) in [6.07, 6.45) is 7.90. The van der Waals surface area contributed by atoms with Gasteiger partial charge in [-0.05, 0) is 12.2 Å². The van der Waals surface area contributed by atoms with Crippen LogP contribution >= 0.6 is 0 Å². The van der Waals surface area contributed by atoms with Gasteiger partial charge in [-0.1, -0.05) is 26.0 Å². The molecule has 0 saturated carbocycles. The first-order valence-electron chi connectivity index (χ1n) is 4.62. The molecule has 0 radical (unpaired) electrons. The molecule has 0 aromatic heterocycles. The normalized spacial score (nSPS) is 23.7. The van der Waals surface area contributed by atoms with Gasteiger partial charge in [-0.2, -0.15) is 0 Å². The molecule has 0 spiro atoms. The lowest BCUT2D eigenvalue weighted by Gasteiger charge is -2.22. The zero-order valence-corrected chi connectivity index (χ0v) is 8.33. The highest BCUT2D eigenvalue weighted by Gasteiger charge is 2.23. The molecular formula is C11H13NO2. The Morgan fingerprint density at radius 1 is 1.50 bits per heavy atom. The van der Waals surface area contributed by atoms with E-state index in [2.05, 4.69) is 25.2 Å². The van der Waals surface area contributed by atoms with Crippen molar-refractivity contribution in [3.63, 3.8) is 0 Å². The maximum absolute atomic E-state index is 11.1. The van der Waals surface area contributed by atoms with Crippen LogP contribution in [0.3, 0.4) is 0 Å². The molecule has 1 saturated heterocycles. The Morgan fingerprint density at radius 2 is 2.29 bits per heavy atom. The molecular weight excluding hydrogens is 178 g/mol. The SMILES string of the molecule is CC1(C)C=CC=C2OCC(=O)NC2=C1. The Bertz CT molecular complexity index is 361. The van der Waals surface area contributed by atoms with Crippen molar-refractivity contribution in [2.45, 2.75) is 13.8 Å². The molecule has 3 nitrogen and oxygen atoms in total. The molecule has 1 amide bonds. The number of nitrogens with one attached hydrogen (secondary N) is 1. The summed E-state index contributed by atoms with van der Waals surface area (Å²) >= 11 is 0. The van der Waals surface area contributed by atoms with Crippen molar-refractivity contribution in [2.75, 3.05) is 6.61 Å². The standard InChI is InChI=1S/C11H13NO2/c1-11(2)5-3-4-9-8(6-11)12-10(13)7-14-9/h3-6H,7H2,1-2H3,(H,12,13). The van der Waals surface area contributed by atoms with Crippen LogP contribution in [0.25, 0.3) is 0 Å². The van der Waals surface area contributed by atoms with Gasteiger partial charge in [0, 0.05) is 5.41 Å². The van der Waals surface area contributed by atoms with Gasteiger partial charge < -0.3 is 10.1 Å². The Morgan fingerprint density at radius 3 is 3.07 bits per heavy atom. The molecule has 0 atom stereocenters. The Labute approximate surface area is 83.1 Å². The van der Waals surface area contributed by atoms with Crippen LogP contribution < -0.4 is 5.32 Å². The van der Waals surface area contributed by atoms with Gasteiger partial charge in [0.25, 0.3) is 5.91 Å². The summed E-state index contributed by atoms with van der Waals surface area (Å²) in [5.41, 5.74) is 0.720. The van der Waals surface area contributed by atoms with E-state index in [0.29, 0.717) is 0 Å². The fourth-order valence-electron chi connectivity index (χ4n) is 1.52. The van der Waals surface area contributed by atoms with Crippen molar-refractivity contribution in [3.05, 3.63) is 35.8 Å². The van der Waals surface area contributed by atoms with E-state index in [-0.39, 0.29) is 17.9 Å². The predicted octanol–water partition coefficient (Wildman–Crippen LogP) is 1.50. The summed E-state index contributed by atoms with van der Waals surface area (Å²) in [7, 11) is 0. The van der Waals surface area contributed by atoms with E-state index in [9.17, 15) is 4.79 Å². The van der Waals surface area contributed by atoms with Gasteiger partial charge in [0.2, 0.25) is 0 Å². The van der Waals surface area contributed by atoms with Crippen LogP contribution in [0.5, 0.6) is 0 Å². The average molecular weight is 191 g/mol. The highest BCUT2D eigenvalue weighted by atomic mass is 16.5. The first kappa shape index (κ1) is 9.06. The van der Waals surface area contributed by atoms with Crippen molar-refractivity contribution >= 4 is 5.91 Å². The first-order valence-corrected chi connectivity index (χ1v) is 4.62. The van der Waals surface area contributed by atoms with Crippen LogP contribution in [0.1, 0.15) is 13.8 Å². The zero-order chi connectivity index (χ0) is 10.2. The number of fused-ring (bicyclic) bond motifs is 1. The van der Waals surface area contributed by atoms with Crippen LogP contribution in [0.15, 0.2) is 35.8 Å². The van der Waals surface area contributed by atoms with Crippen molar-refractivity contribution in [1.29, 1.82) is 0 Å². The highest BCUT2D eigenvalue weighted by molar-refractivity contribution is 5.81. The number of allylic oxidation sites excluding steroid dienone is 4. The Hall–Kier alpha value is -1.51. The zero-order valence-electron chi connectivity index (χ0n) is 8.33. The number of amides is 1. The predicted molar refractivity (Wildman–Crippen MR) is 53.2 cm³/mol. The number of carbonyl (C=O) groups excluding carboxylic acids is 1. The lowest BCUT2D eigenvalue weighted by Crippen LogP contribution is -2.34. The molecule has 2 rings (SSSR count). The molecule has 1 fully saturated rings. The second-order valence-electron chi connectivity index (χ2n) is 4.11. The van der Waals surface area contributed by atoms with Crippen LogP contribution in [0.4, 0.5) is 0 Å². The lowest BCUT2D eigenvalue weighted by molar-refractivity contribution is -0.125. The third-order valence-electron chi connectivity index (χ3n) is 2.19. The van der Waals surface area contributed by atoms with E-state index in [0.717, 1.165) is 11.5 Å². The number of hydrogen-bond acceptors (Lipinski definition) is 2. The monoisotopic (exact) mass is 191 g/mol. The number of ether oxygens (including phenoxy) is 1. The quantitative estimate of drug-likeness (QED) is 0.630. The van der Waals surface area contributed by atoms with Crippen LogP contribution in [-0.4, -0.2) is 12.5 Å². The molecule has 1 aliphatic heterocycles. The van der Waals surface area contributed by atoms with Crippen LogP contribution in [-0.2, 0) is 9.53 Å². The third kappa shape index (κ3) is 1.71. The number of carbonyl (C=O) groups is 1. The molecule has 0 aromatic rings. The molecule has 1 heterocycles. The van der Waals surface area contributed by atoms with Crippen molar-refractivity contribution in [3.8, 4) is 0 Å². The van der Waals surface area contributed by atoms with Crippen LogP contribution in [0, 0.1) is 5.41 Å². The Kier molecular flexibility index (Phi) is 1.95. The molecule has 3 heteroatoms. The van der Waals surface area contributed by atoms with E-state index in [4.69, 9.17) is 4.74 Å². The summed E-state index contributed by atoms with van der Waals surface area (Å²) in [6.45, 7) is 4.26. The molecule has 0 bridgehead atoms. The van der Waals surface area contributed by atoms with Crippen molar-refractivity contribution < 1.29 is 9.53 Å². The summed E-state index contributed by atoms with van der Waals surface area (Å²) in [6, 6.07) is 0. The first-order chi connectivity index (χ1) is 6.57. The van der Waals surface area contributed by atoms with Gasteiger partial charge >= 0.3 is 0 Å². The Balaban J connectivity index is 2.37. The molecule has 0 aromatic carbocycles. The lowest BCUT2D eigenvalue weighted by atomic mass is 9.92. The third-order valence-corrected chi connectivity index (χ3v) is 2.19. The summed E-state index contributed by atoms with van der Waals surface area (Å²) in [5, 5.41) is 2.80. The average Bonchev–Trinajstić information content (AvgIpc) is 2.21. The van der Waals surface area contributed by atoms with Gasteiger partial charge in [0.1, 0.15) is 5.76 Å². The molecule has 1 N–H and O–H groups in total. The minimum absolute atomic E-state index is 0.0540. The van der Waals surface area contributed by atoms with Gasteiger partial charge in [0.15, 0.2) is 6.61 Å². The van der Waals surface area contributed by atoms with E-state index < -0.39 is 0 Å². The molecule has 14 heavy (non-hydrogen) atoms.